The number of nitrogens with zero attached hydrogens (tertiary/aromatic N) is 2. The summed E-state index contributed by atoms with van der Waals surface area (Å²) in [5.74, 6) is 1.04. The Balaban J connectivity index is 1.43. The van der Waals surface area contributed by atoms with Gasteiger partial charge in [-0.15, -0.1) is 0 Å². The standard InChI is InChI=1S/C22H24ClN3O2/c23-17-11-9-16(10-12-17)15-26-19-6-2-1-5-18(19)25-21(26)8-3-13-24-22(27)20-7-4-14-28-20/h1-2,5-6,9-12,20H,3-4,7-8,13-15H2,(H,24,27). The first-order valence-corrected chi connectivity index (χ1v) is 10.2. The van der Waals surface area contributed by atoms with E-state index in [2.05, 4.69) is 16.0 Å². The molecule has 1 aliphatic heterocycles. The van der Waals surface area contributed by atoms with Crippen LogP contribution in [0, 0.1) is 0 Å². The number of hydrogen-bond donors (Lipinski definition) is 1. The molecule has 1 saturated heterocycles. The van der Waals surface area contributed by atoms with Crippen LogP contribution in [-0.2, 0) is 22.5 Å². The summed E-state index contributed by atoms with van der Waals surface area (Å²) in [5, 5.41) is 3.73. The highest BCUT2D eigenvalue weighted by Crippen LogP contribution is 2.20. The molecule has 2 heterocycles. The van der Waals surface area contributed by atoms with Crippen molar-refractivity contribution in [1.82, 2.24) is 14.9 Å². The first-order chi connectivity index (χ1) is 13.7. The van der Waals surface area contributed by atoms with E-state index in [4.69, 9.17) is 21.3 Å². The summed E-state index contributed by atoms with van der Waals surface area (Å²) in [4.78, 5) is 16.9. The van der Waals surface area contributed by atoms with E-state index in [0.29, 0.717) is 13.2 Å². The number of imidazole rings is 1. The predicted octanol–water partition coefficient (Wildman–Crippen LogP) is 3.97. The molecule has 1 amide bonds. The summed E-state index contributed by atoms with van der Waals surface area (Å²) in [6.07, 6.45) is 3.15. The Morgan fingerprint density at radius 1 is 1.21 bits per heavy atom. The second kappa shape index (κ2) is 8.76. The van der Waals surface area contributed by atoms with Crippen molar-refractivity contribution in [2.24, 2.45) is 0 Å². The molecule has 5 nitrogen and oxygen atoms in total. The molecule has 1 atom stereocenters. The molecule has 1 fully saturated rings. The second-order valence-electron chi connectivity index (χ2n) is 7.13. The van der Waals surface area contributed by atoms with Gasteiger partial charge in [0, 0.05) is 31.1 Å². The first kappa shape index (κ1) is 19.0. The summed E-state index contributed by atoms with van der Waals surface area (Å²) < 4.78 is 7.68. The molecule has 1 aliphatic rings. The van der Waals surface area contributed by atoms with Gasteiger partial charge in [0.15, 0.2) is 0 Å². The van der Waals surface area contributed by atoms with Gasteiger partial charge < -0.3 is 14.6 Å². The van der Waals surface area contributed by atoms with Gasteiger partial charge in [0.05, 0.1) is 11.0 Å². The van der Waals surface area contributed by atoms with Gasteiger partial charge in [0.25, 0.3) is 0 Å². The first-order valence-electron chi connectivity index (χ1n) is 9.78. The molecule has 0 bridgehead atoms. The van der Waals surface area contributed by atoms with Crippen molar-refractivity contribution in [1.29, 1.82) is 0 Å². The average molecular weight is 398 g/mol. The third kappa shape index (κ3) is 4.37. The molecule has 2 aromatic carbocycles. The van der Waals surface area contributed by atoms with Crippen LogP contribution in [0.15, 0.2) is 48.5 Å². The Morgan fingerprint density at radius 2 is 2.04 bits per heavy atom. The Bertz CT molecular complexity index is 946. The number of nitrogens with one attached hydrogen (secondary N) is 1. The number of benzene rings is 2. The number of para-hydroxylation sites is 2. The van der Waals surface area contributed by atoms with Crippen molar-refractivity contribution in [3.8, 4) is 0 Å². The SMILES string of the molecule is O=C(NCCCc1nc2ccccc2n1Cc1ccc(Cl)cc1)C1CCCO1. The highest BCUT2D eigenvalue weighted by Gasteiger charge is 2.22. The zero-order valence-corrected chi connectivity index (χ0v) is 16.5. The normalized spacial score (nSPS) is 16.5. The molecular formula is C22H24ClN3O2. The highest BCUT2D eigenvalue weighted by molar-refractivity contribution is 6.30. The van der Waals surface area contributed by atoms with Gasteiger partial charge in [-0.1, -0.05) is 35.9 Å². The number of hydrogen-bond acceptors (Lipinski definition) is 3. The molecular weight excluding hydrogens is 374 g/mol. The second-order valence-corrected chi connectivity index (χ2v) is 7.56. The van der Waals surface area contributed by atoms with E-state index in [0.717, 1.165) is 54.1 Å². The molecule has 0 radical (unpaired) electrons. The molecule has 0 spiro atoms. The Hall–Kier alpha value is -2.37. The molecule has 0 saturated carbocycles. The van der Waals surface area contributed by atoms with E-state index in [-0.39, 0.29) is 12.0 Å². The number of amides is 1. The number of aryl methyl sites for hydroxylation is 1. The number of ether oxygens (including phenoxy) is 1. The van der Waals surface area contributed by atoms with Crippen LogP contribution in [0.1, 0.15) is 30.7 Å². The lowest BCUT2D eigenvalue weighted by Gasteiger charge is -2.12. The largest absolute Gasteiger partial charge is 0.368 e. The Kier molecular flexibility index (Phi) is 5.93. The summed E-state index contributed by atoms with van der Waals surface area (Å²) in [5.41, 5.74) is 3.30. The van der Waals surface area contributed by atoms with Crippen LogP contribution in [0.2, 0.25) is 5.02 Å². The van der Waals surface area contributed by atoms with Crippen molar-refractivity contribution in [2.45, 2.75) is 38.3 Å². The number of rotatable bonds is 7. The quantitative estimate of drug-likeness (QED) is 0.614. The Labute approximate surface area is 169 Å². The lowest BCUT2D eigenvalue weighted by atomic mass is 10.2. The van der Waals surface area contributed by atoms with Crippen molar-refractivity contribution in [3.63, 3.8) is 0 Å². The van der Waals surface area contributed by atoms with Crippen molar-refractivity contribution in [3.05, 3.63) is 64.9 Å². The van der Waals surface area contributed by atoms with Gasteiger partial charge in [-0.3, -0.25) is 4.79 Å². The predicted molar refractivity (Wildman–Crippen MR) is 111 cm³/mol. The third-order valence-electron chi connectivity index (χ3n) is 5.09. The minimum absolute atomic E-state index is 0.00664. The summed E-state index contributed by atoms with van der Waals surface area (Å²) in [6, 6.07) is 16.1. The summed E-state index contributed by atoms with van der Waals surface area (Å²) in [7, 11) is 0. The molecule has 28 heavy (non-hydrogen) atoms. The van der Waals surface area contributed by atoms with E-state index in [1.54, 1.807) is 0 Å². The van der Waals surface area contributed by atoms with Crippen molar-refractivity contribution < 1.29 is 9.53 Å². The summed E-state index contributed by atoms with van der Waals surface area (Å²) in [6.45, 7) is 2.06. The fourth-order valence-electron chi connectivity index (χ4n) is 3.62. The van der Waals surface area contributed by atoms with E-state index < -0.39 is 0 Å². The number of carbonyl (C=O) groups is 1. The highest BCUT2D eigenvalue weighted by atomic mass is 35.5. The topological polar surface area (TPSA) is 56.2 Å². The number of carbonyl (C=O) groups excluding carboxylic acids is 1. The van der Waals surface area contributed by atoms with E-state index in [1.165, 1.54) is 5.56 Å². The van der Waals surface area contributed by atoms with E-state index in [1.807, 2.05) is 42.5 Å². The molecule has 1 aromatic heterocycles. The van der Waals surface area contributed by atoms with Crippen LogP contribution in [0.3, 0.4) is 0 Å². The maximum Gasteiger partial charge on any atom is 0.249 e. The fraction of sp³-hybridized carbons (Fsp3) is 0.364. The van der Waals surface area contributed by atoms with Crippen LogP contribution >= 0.6 is 11.6 Å². The molecule has 1 unspecified atom stereocenters. The molecule has 1 N–H and O–H groups in total. The number of aromatic nitrogens is 2. The van der Waals surface area contributed by atoms with Crippen LogP contribution in [0.25, 0.3) is 11.0 Å². The number of halogens is 1. The molecule has 6 heteroatoms. The minimum atomic E-state index is -0.269. The minimum Gasteiger partial charge on any atom is -0.368 e. The zero-order valence-electron chi connectivity index (χ0n) is 15.7. The van der Waals surface area contributed by atoms with Crippen LogP contribution in [-0.4, -0.2) is 34.7 Å². The smallest absolute Gasteiger partial charge is 0.249 e. The van der Waals surface area contributed by atoms with Gasteiger partial charge in [0.1, 0.15) is 11.9 Å². The van der Waals surface area contributed by atoms with Crippen molar-refractivity contribution in [2.75, 3.05) is 13.2 Å². The van der Waals surface area contributed by atoms with Gasteiger partial charge >= 0.3 is 0 Å². The monoisotopic (exact) mass is 397 g/mol. The van der Waals surface area contributed by atoms with Gasteiger partial charge in [-0.2, -0.15) is 0 Å². The van der Waals surface area contributed by atoms with E-state index >= 15 is 0 Å². The van der Waals surface area contributed by atoms with Crippen LogP contribution in [0.5, 0.6) is 0 Å². The summed E-state index contributed by atoms with van der Waals surface area (Å²) >= 11 is 6.01. The Morgan fingerprint density at radius 3 is 2.82 bits per heavy atom. The number of fused-ring (bicyclic) bond motifs is 1. The van der Waals surface area contributed by atoms with Gasteiger partial charge in [0.2, 0.25) is 5.91 Å². The maximum absolute atomic E-state index is 12.1. The fourth-order valence-corrected chi connectivity index (χ4v) is 3.75. The third-order valence-corrected chi connectivity index (χ3v) is 5.34. The van der Waals surface area contributed by atoms with Gasteiger partial charge in [-0.25, -0.2) is 4.98 Å². The van der Waals surface area contributed by atoms with Crippen LogP contribution < -0.4 is 5.32 Å². The molecule has 146 valence electrons. The molecule has 3 aromatic rings. The zero-order chi connectivity index (χ0) is 19.3. The molecule has 0 aliphatic carbocycles. The van der Waals surface area contributed by atoms with E-state index in [9.17, 15) is 4.79 Å². The maximum atomic E-state index is 12.1. The molecule has 4 rings (SSSR count). The lowest BCUT2D eigenvalue weighted by molar-refractivity contribution is -0.130. The lowest BCUT2D eigenvalue weighted by Crippen LogP contribution is -2.34. The van der Waals surface area contributed by atoms with Gasteiger partial charge in [-0.05, 0) is 49.1 Å². The van der Waals surface area contributed by atoms with Crippen LogP contribution in [0.4, 0.5) is 0 Å². The van der Waals surface area contributed by atoms with Crippen molar-refractivity contribution >= 4 is 28.5 Å². The average Bonchev–Trinajstić information content (AvgIpc) is 3.36.